The maximum atomic E-state index is 6.37. The van der Waals surface area contributed by atoms with E-state index in [-0.39, 0.29) is 12.1 Å². The number of rotatable bonds is 4. The van der Waals surface area contributed by atoms with E-state index in [1.165, 1.54) is 33.6 Å². The van der Waals surface area contributed by atoms with Gasteiger partial charge in [0.2, 0.25) is 0 Å². The minimum Gasteiger partial charge on any atom is -0.351 e. The van der Waals surface area contributed by atoms with Crippen LogP contribution in [0.3, 0.4) is 0 Å². The van der Waals surface area contributed by atoms with Gasteiger partial charge in [-0.1, -0.05) is 29.8 Å². The number of nitrogens with zero attached hydrogens (tertiary/aromatic N) is 3. The molecule has 1 aliphatic rings. The number of hydrogen-bond donors (Lipinski definition) is 1. The van der Waals surface area contributed by atoms with Crippen molar-refractivity contribution in [1.82, 2.24) is 14.9 Å². The molecule has 35 heavy (non-hydrogen) atoms. The fourth-order valence-electron chi connectivity index (χ4n) is 5.46. The van der Waals surface area contributed by atoms with Gasteiger partial charge in [-0.25, -0.2) is 0 Å². The molecule has 0 aliphatic carbocycles. The minimum atomic E-state index is -0.0865. The molecule has 0 spiro atoms. The van der Waals surface area contributed by atoms with Crippen LogP contribution >= 0.6 is 23.8 Å². The summed E-state index contributed by atoms with van der Waals surface area (Å²) in [4.78, 5) is 6.99. The zero-order valence-electron chi connectivity index (χ0n) is 20.6. The van der Waals surface area contributed by atoms with Crippen LogP contribution < -0.4 is 10.2 Å². The van der Waals surface area contributed by atoms with E-state index in [9.17, 15) is 0 Å². The third-order valence-electron chi connectivity index (χ3n) is 6.95. The summed E-state index contributed by atoms with van der Waals surface area (Å²) < 4.78 is 2.30. The first-order valence-corrected chi connectivity index (χ1v) is 12.6. The fraction of sp³-hybridized carbons (Fsp3) is 0.241. The number of aromatic nitrogens is 2. The highest BCUT2D eigenvalue weighted by Crippen LogP contribution is 2.45. The second-order valence-corrected chi connectivity index (χ2v) is 10.2. The van der Waals surface area contributed by atoms with Gasteiger partial charge in [0.1, 0.15) is 0 Å². The van der Waals surface area contributed by atoms with Crippen LogP contribution in [-0.2, 0) is 0 Å². The van der Waals surface area contributed by atoms with Gasteiger partial charge in [0.05, 0.1) is 17.8 Å². The lowest BCUT2D eigenvalue weighted by molar-refractivity contribution is 0.563. The van der Waals surface area contributed by atoms with Gasteiger partial charge in [0, 0.05) is 39.5 Å². The number of anilines is 1. The zero-order valence-corrected chi connectivity index (χ0v) is 22.2. The van der Waals surface area contributed by atoms with E-state index < -0.39 is 0 Å². The second kappa shape index (κ2) is 9.14. The summed E-state index contributed by atoms with van der Waals surface area (Å²) in [6.07, 6.45) is 1.85. The minimum absolute atomic E-state index is 0.0577. The predicted molar refractivity (Wildman–Crippen MR) is 149 cm³/mol. The normalized spacial score (nSPS) is 17.7. The van der Waals surface area contributed by atoms with E-state index in [4.69, 9.17) is 28.8 Å². The van der Waals surface area contributed by atoms with E-state index in [0.29, 0.717) is 5.11 Å². The lowest BCUT2D eigenvalue weighted by atomic mass is 9.93. The Morgan fingerprint density at radius 1 is 0.857 bits per heavy atom. The molecular formula is C29H29ClN4S. The summed E-state index contributed by atoms with van der Waals surface area (Å²) in [6, 6.07) is 20.5. The first kappa shape index (κ1) is 23.6. The van der Waals surface area contributed by atoms with Gasteiger partial charge >= 0.3 is 0 Å². The second-order valence-electron chi connectivity index (χ2n) is 9.37. The van der Waals surface area contributed by atoms with Crippen LogP contribution in [0, 0.1) is 34.6 Å². The summed E-state index contributed by atoms with van der Waals surface area (Å²) in [7, 11) is 0. The van der Waals surface area contributed by atoms with E-state index >= 15 is 0 Å². The molecule has 1 N–H and O–H groups in total. The number of aryl methyl sites for hydroxylation is 2. The number of nitrogens with one attached hydrogen (secondary N) is 1. The molecule has 6 heteroatoms. The van der Waals surface area contributed by atoms with Crippen LogP contribution in [0.2, 0.25) is 5.02 Å². The number of halogens is 1. The number of hydrogen-bond acceptors (Lipinski definition) is 2. The molecule has 5 rings (SSSR count). The predicted octanol–water partition coefficient (Wildman–Crippen LogP) is 7.24. The summed E-state index contributed by atoms with van der Waals surface area (Å²) in [6.45, 7) is 10.8. The molecular weight excluding hydrogens is 472 g/mol. The Kier molecular flexibility index (Phi) is 6.16. The van der Waals surface area contributed by atoms with Gasteiger partial charge < -0.3 is 14.8 Å². The third-order valence-corrected chi connectivity index (χ3v) is 7.50. The lowest BCUT2D eigenvalue weighted by Crippen LogP contribution is -2.30. The smallest absolute Gasteiger partial charge is 0.174 e. The Hall–Kier alpha value is -3.15. The number of pyridine rings is 1. The van der Waals surface area contributed by atoms with Crippen LogP contribution in [0.25, 0.3) is 5.69 Å². The van der Waals surface area contributed by atoms with E-state index in [2.05, 4.69) is 79.7 Å². The standard InChI is InChI=1S/C29H29ClN4S/c1-17-13-18(2)15-24(14-17)34-28(27(32-29(34)35)25-11-6-7-12-31-25)26-19(3)20(4)33(21(26)5)23-10-8-9-22(30)16-23/h6-16,27-28H,1-5H3,(H,32,35)/t27-,28-/m0/s1. The van der Waals surface area contributed by atoms with Crippen molar-refractivity contribution in [2.24, 2.45) is 0 Å². The molecule has 2 atom stereocenters. The van der Waals surface area contributed by atoms with Gasteiger partial charge in [-0.15, -0.1) is 0 Å². The van der Waals surface area contributed by atoms with Crippen molar-refractivity contribution in [2.45, 2.75) is 46.7 Å². The van der Waals surface area contributed by atoms with Crippen molar-refractivity contribution in [3.63, 3.8) is 0 Å². The fourth-order valence-corrected chi connectivity index (χ4v) is 5.99. The third kappa shape index (κ3) is 4.13. The van der Waals surface area contributed by atoms with Crippen molar-refractivity contribution >= 4 is 34.6 Å². The molecule has 2 aromatic heterocycles. The molecule has 0 saturated carbocycles. The van der Waals surface area contributed by atoms with Crippen molar-refractivity contribution in [2.75, 3.05) is 4.90 Å². The molecule has 0 radical (unpaired) electrons. The van der Waals surface area contributed by atoms with Crippen molar-refractivity contribution in [1.29, 1.82) is 0 Å². The maximum Gasteiger partial charge on any atom is 0.174 e. The summed E-state index contributed by atoms with van der Waals surface area (Å²) in [5.74, 6) is 0. The largest absolute Gasteiger partial charge is 0.351 e. The molecule has 1 saturated heterocycles. The molecule has 1 fully saturated rings. The highest BCUT2D eigenvalue weighted by Gasteiger charge is 2.43. The van der Waals surface area contributed by atoms with Crippen LogP contribution in [0.15, 0.2) is 66.9 Å². The molecule has 0 amide bonds. The van der Waals surface area contributed by atoms with Crippen LogP contribution in [0.5, 0.6) is 0 Å². The molecule has 0 bridgehead atoms. The monoisotopic (exact) mass is 500 g/mol. The molecule has 0 unspecified atom stereocenters. The van der Waals surface area contributed by atoms with Gasteiger partial charge in [-0.05, 0) is 106 Å². The Morgan fingerprint density at radius 2 is 1.60 bits per heavy atom. The van der Waals surface area contributed by atoms with Crippen molar-refractivity contribution in [3.8, 4) is 5.69 Å². The number of thiocarbonyl (C=S) groups is 1. The van der Waals surface area contributed by atoms with Crippen LogP contribution in [-0.4, -0.2) is 14.7 Å². The van der Waals surface area contributed by atoms with E-state index in [1.807, 2.05) is 36.5 Å². The summed E-state index contributed by atoms with van der Waals surface area (Å²) in [5, 5.41) is 5.04. The zero-order chi connectivity index (χ0) is 24.9. The summed E-state index contributed by atoms with van der Waals surface area (Å²) in [5.41, 5.74) is 10.4. The van der Waals surface area contributed by atoms with E-state index in [1.54, 1.807) is 0 Å². The van der Waals surface area contributed by atoms with E-state index in [0.717, 1.165) is 22.1 Å². The van der Waals surface area contributed by atoms with Crippen LogP contribution in [0.1, 0.15) is 51.4 Å². The maximum absolute atomic E-state index is 6.37. The quantitative estimate of drug-likeness (QED) is 0.299. The highest BCUT2D eigenvalue weighted by molar-refractivity contribution is 7.80. The Labute approximate surface area is 217 Å². The average molecular weight is 501 g/mol. The molecule has 178 valence electrons. The number of benzene rings is 2. The molecule has 3 heterocycles. The van der Waals surface area contributed by atoms with Crippen molar-refractivity contribution < 1.29 is 0 Å². The lowest BCUT2D eigenvalue weighted by Gasteiger charge is -2.29. The Morgan fingerprint density at radius 3 is 2.26 bits per heavy atom. The topological polar surface area (TPSA) is 33.1 Å². The average Bonchev–Trinajstić information content (AvgIpc) is 3.26. The summed E-state index contributed by atoms with van der Waals surface area (Å²) >= 11 is 12.3. The molecule has 2 aromatic carbocycles. The Bertz CT molecular complexity index is 1410. The van der Waals surface area contributed by atoms with Gasteiger partial charge in [0.25, 0.3) is 0 Å². The Balaban J connectivity index is 1.75. The van der Waals surface area contributed by atoms with Gasteiger partial charge in [-0.3, -0.25) is 4.98 Å². The van der Waals surface area contributed by atoms with Gasteiger partial charge in [-0.2, -0.15) is 0 Å². The molecule has 1 aliphatic heterocycles. The molecule has 4 aromatic rings. The van der Waals surface area contributed by atoms with Gasteiger partial charge in [0.15, 0.2) is 5.11 Å². The SMILES string of the molecule is Cc1cc(C)cc(N2C(=S)N[C@@H](c3ccccn3)[C@@H]2c2c(C)c(C)n(-c3cccc(Cl)c3)c2C)c1. The van der Waals surface area contributed by atoms with Crippen LogP contribution in [0.4, 0.5) is 5.69 Å². The first-order chi connectivity index (χ1) is 16.8. The van der Waals surface area contributed by atoms with Crippen molar-refractivity contribution in [3.05, 3.63) is 111 Å². The molecule has 4 nitrogen and oxygen atoms in total. The first-order valence-electron chi connectivity index (χ1n) is 11.8. The highest BCUT2D eigenvalue weighted by atomic mass is 35.5.